The van der Waals surface area contributed by atoms with Crippen LogP contribution in [-0.2, 0) is 16.0 Å². The van der Waals surface area contributed by atoms with Crippen molar-refractivity contribution in [1.82, 2.24) is 19.9 Å². The number of nitrogens with zero attached hydrogens (tertiary/aromatic N) is 3. The molecule has 0 aliphatic carbocycles. The molecule has 5 atom stereocenters. The first-order valence-corrected chi connectivity index (χ1v) is 10.3. The number of pyridine rings is 1. The normalized spacial score (nSPS) is 27.5. The molecule has 0 spiro atoms. The van der Waals surface area contributed by atoms with E-state index in [1.165, 1.54) is 0 Å². The molecule has 3 aromatic rings. The summed E-state index contributed by atoms with van der Waals surface area (Å²) in [5.41, 5.74) is 2.40. The van der Waals surface area contributed by atoms with Crippen LogP contribution in [0.15, 0.2) is 36.9 Å². The van der Waals surface area contributed by atoms with E-state index in [0.717, 1.165) is 16.6 Å². The van der Waals surface area contributed by atoms with Gasteiger partial charge in [0.15, 0.2) is 17.8 Å². The number of aliphatic hydroxyl groups excluding tert-OH is 1. The molecule has 2 aromatic heterocycles. The highest BCUT2D eigenvalue weighted by Gasteiger charge is 2.51. The number of methoxy groups -OCH3 is 2. The van der Waals surface area contributed by atoms with Gasteiger partial charge in [0.2, 0.25) is 0 Å². The third-order valence-corrected chi connectivity index (χ3v) is 6.26. The summed E-state index contributed by atoms with van der Waals surface area (Å²) in [4.78, 5) is 8.50. The van der Waals surface area contributed by atoms with Crippen LogP contribution in [0.25, 0.3) is 11.0 Å². The highest BCUT2D eigenvalue weighted by molar-refractivity contribution is 6.31. The molecule has 10 heteroatoms. The van der Waals surface area contributed by atoms with E-state index in [9.17, 15) is 5.11 Å². The standard InChI is InChI=1S/C21H23ClN4O5/c1-28-15-5-13-14(6-16(15)29-2)26(10-25-13)19-20(27)18(17-9-30-21(19)31-17)24-7-11-3-4-23-8-12(11)22/h3-6,8,10,17-21,24,27H,7,9H2,1-2H3. The number of nitrogens with one attached hydrogen (secondary N) is 1. The zero-order chi connectivity index (χ0) is 21.5. The van der Waals surface area contributed by atoms with Crippen LogP contribution in [0.4, 0.5) is 0 Å². The van der Waals surface area contributed by atoms with E-state index in [0.29, 0.717) is 29.7 Å². The molecule has 2 aliphatic rings. The first kappa shape index (κ1) is 20.5. The number of fused-ring (bicyclic) bond motifs is 3. The third-order valence-electron chi connectivity index (χ3n) is 5.92. The highest BCUT2D eigenvalue weighted by Crippen LogP contribution is 2.39. The van der Waals surface area contributed by atoms with Gasteiger partial charge >= 0.3 is 0 Å². The van der Waals surface area contributed by atoms with E-state index < -0.39 is 18.4 Å². The van der Waals surface area contributed by atoms with Gasteiger partial charge in [-0.3, -0.25) is 4.98 Å². The van der Waals surface area contributed by atoms with Gasteiger partial charge in [-0.15, -0.1) is 0 Å². The van der Waals surface area contributed by atoms with Crippen LogP contribution in [0.2, 0.25) is 5.02 Å². The summed E-state index contributed by atoms with van der Waals surface area (Å²) in [6.45, 7) is 0.861. The van der Waals surface area contributed by atoms with E-state index in [1.807, 2.05) is 16.7 Å². The van der Waals surface area contributed by atoms with Crippen LogP contribution in [0.1, 0.15) is 11.6 Å². The first-order chi connectivity index (χ1) is 15.1. The molecule has 2 bridgehead atoms. The van der Waals surface area contributed by atoms with Crippen LogP contribution < -0.4 is 14.8 Å². The second-order valence-corrected chi connectivity index (χ2v) is 7.99. The summed E-state index contributed by atoms with van der Waals surface area (Å²) in [6, 6.07) is 4.65. The molecule has 1 aromatic carbocycles. The summed E-state index contributed by atoms with van der Waals surface area (Å²) in [6.07, 6.45) is 3.35. The molecule has 5 rings (SSSR count). The Morgan fingerprint density at radius 2 is 2.10 bits per heavy atom. The summed E-state index contributed by atoms with van der Waals surface area (Å²) >= 11 is 6.23. The molecule has 5 unspecified atom stereocenters. The van der Waals surface area contributed by atoms with Gasteiger partial charge in [-0.25, -0.2) is 4.98 Å². The Morgan fingerprint density at radius 1 is 1.29 bits per heavy atom. The van der Waals surface area contributed by atoms with Gasteiger partial charge in [-0.1, -0.05) is 11.6 Å². The van der Waals surface area contributed by atoms with Gasteiger partial charge in [0, 0.05) is 31.1 Å². The average Bonchev–Trinajstić information content (AvgIpc) is 3.39. The lowest BCUT2D eigenvalue weighted by Gasteiger charge is -2.39. The fourth-order valence-corrected chi connectivity index (χ4v) is 4.50. The van der Waals surface area contributed by atoms with Gasteiger partial charge in [0.25, 0.3) is 0 Å². The number of imidazole rings is 1. The first-order valence-electron chi connectivity index (χ1n) is 9.96. The van der Waals surface area contributed by atoms with Crippen molar-refractivity contribution >= 4 is 22.6 Å². The van der Waals surface area contributed by atoms with E-state index in [-0.39, 0.29) is 12.1 Å². The topological polar surface area (TPSA) is 99.9 Å². The van der Waals surface area contributed by atoms with E-state index >= 15 is 0 Å². The van der Waals surface area contributed by atoms with E-state index in [1.54, 1.807) is 39.0 Å². The molecule has 164 valence electrons. The lowest BCUT2D eigenvalue weighted by molar-refractivity contribution is -0.164. The molecule has 0 radical (unpaired) electrons. The zero-order valence-electron chi connectivity index (χ0n) is 17.1. The lowest BCUT2D eigenvalue weighted by atomic mass is 9.95. The Morgan fingerprint density at radius 3 is 2.87 bits per heavy atom. The molecule has 2 fully saturated rings. The van der Waals surface area contributed by atoms with Crippen LogP contribution in [0, 0.1) is 0 Å². The molecule has 9 nitrogen and oxygen atoms in total. The fourth-order valence-electron chi connectivity index (χ4n) is 4.32. The maximum atomic E-state index is 11.3. The molecule has 2 aliphatic heterocycles. The molecular formula is C21H23ClN4O5. The number of rotatable bonds is 6. The SMILES string of the molecule is COc1cc2ncn(C3C4OCC(O4)C(NCc4ccncc4Cl)C3O)c2cc1OC. The Labute approximate surface area is 183 Å². The molecule has 0 saturated carbocycles. The largest absolute Gasteiger partial charge is 0.493 e. The van der Waals surface area contributed by atoms with Crippen LogP contribution in [0.5, 0.6) is 11.5 Å². The van der Waals surface area contributed by atoms with Crippen LogP contribution in [0.3, 0.4) is 0 Å². The van der Waals surface area contributed by atoms with Crippen molar-refractivity contribution in [3.05, 3.63) is 47.5 Å². The van der Waals surface area contributed by atoms with Gasteiger partial charge < -0.3 is 33.9 Å². The minimum atomic E-state index is -0.780. The quantitative estimate of drug-likeness (QED) is 0.592. The number of benzene rings is 1. The van der Waals surface area contributed by atoms with Crippen LogP contribution >= 0.6 is 11.6 Å². The van der Waals surface area contributed by atoms with Crippen molar-refractivity contribution in [3.8, 4) is 11.5 Å². The minimum Gasteiger partial charge on any atom is -0.493 e. The third kappa shape index (κ3) is 3.52. The summed E-state index contributed by atoms with van der Waals surface area (Å²) < 4.78 is 24.7. The van der Waals surface area contributed by atoms with E-state index in [4.69, 9.17) is 30.5 Å². The van der Waals surface area contributed by atoms with Gasteiger partial charge in [-0.05, 0) is 11.6 Å². The summed E-state index contributed by atoms with van der Waals surface area (Å²) in [5.74, 6) is 1.17. The number of halogens is 1. The Kier molecular flexibility index (Phi) is 5.45. The Bertz CT molecular complexity index is 1090. The monoisotopic (exact) mass is 446 g/mol. The Balaban J connectivity index is 1.46. The molecule has 2 saturated heterocycles. The molecular weight excluding hydrogens is 424 g/mol. The van der Waals surface area contributed by atoms with E-state index in [2.05, 4.69) is 15.3 Å². The number of aliphatic hydroxyl groups is 1. The molecule has 0 amide bonds. The smallest absolute Gasteiger partial charge is 0.181 e. The lowest BCUT2D eigenvalue weighted by Crippen LogP contribution is -2.57. The van der Waals surface area contributed by atoms with Crippen molar-refractivity contribution in [2.75, 3.05) is 20.8 Å². The molecule has 31 heavy (non-hydrogen) atoms. The summed E-state index contributed by atoms with van der Waals surface area (Å²) in [5, 5.41) is 15.3. The van der Waals surface area contributed by atoms with Gasteiger partial charge in [0.1, 0.15) is 12.1 Å². The fraction of sp³-hybridized carbons (Fsp3) is 0.429. The van der Waals surface area contributed by atoms with Crippen molar-refractivity contribution < 1.29 is 24.1 Å². The maximum absolute atomic E-state index is 11.3. The van der Waals surface area contributed by atoms with Crippen LogP contribution in [-0.4, -0.2) is 65.0 Å². The van der Waals surface area contributed by atoms with Crippen molar-refractivity contribution in [2.24, 2.45) is 0 Å². The number of hydrogen-bond acceptors (Lipinski definition) is 8. The zero-order valence-corrected chi connectivity index (χ0v) is 17.8. The number of hydrogen-bond donors (Lipinski definition) is 2. The highest BCUT2D eigenvalue weighted by atomic mass is 35.5. The molecule has 2 N–H and O–H groups in total. The molecule has 4 heterocycles. The van der Waals surface area contributed by atoms with Gasteiger partial charge in [0.05, 0.1) is 55.4 Å². The second-order valence-electron chi connectivity index (χ2n) is 7.58. The predicted molar refractivity (Wildman–Crippen MR) is 112 cm³/mol. The summed E-state index contributed by atoms with van der Waals surface area (Å²) in [7, 11) is 3.16. The van der Waals surface area contributed by atoms with Crippen molar-refractivity contribution in [2.45, 2.75) is 37.1 Å². The predicted octanol–water partition coefficient (Wildman–Crippen LogP) is 1.92. The number of aromatic nitrogens is 3. The minimum absolute atomic E-state index is 0.263. The maximum Gasteiger partial charge on any atom is 0.181 e. The van der Waals surface area contributed by atoms with Crippen molar-refractivity contribution in [1.29, 1.82) is 0 Å². The van der Waals surface area contributed by atoms with Gasteiger partial charge in [-0.2, -0.15) is 0 Å². The van der Waals surface area contributed by atoms with Crippen molar-refractivity contribution in [3.63, 3.8) is 0 Å². The second kappa shape index (κ2) is 8.25. The number of ether oxygens (including phenoxy) is 4. The average molecular weight is 447 g/mol. The Hall–Kier alpha value is -2.43.